The third kappa shape index (κ3) is 3.73. The predicted octanol–water partition coefficient (Wildman–Crippen LogP) is 2.22. The smallest absolute Gasteiger partial charge is 0.255 e. The SMILES string of the molecule is O=C1CCC(N2Cc3cc(N4CCC5(CCC(CO)CC5)CC4)ccc3C2=O)C(=O)N1. The number of carbonyl (C=O) groups is 3. The monoisotopic (exact) mass is 425 g/mol. The van der Waals surface area contributed by atoms with Crippen molar-refractivity contribution in [3.05, 3.63) is 29.3 Å². The van der Waals surface area contributed by atoms with Crippen molar-refractivity contribution in [3.8, 4) is 0 Å². The van der Waals surface area contributed by atoms with E-state index in [1.165, 1.54) is 25.7 Å². The molecule has 1 aromatic carbocycles. The van der Waals surface area contributed by atoms with Gasteiger partial charge in [-0.3, -0.25) is 19.7 Å². The van der Waals surface area contributed by atoms with Gasteiger partial charge in [-0.25, -0.2) is 0 Å². The quantitative estimate of drug-likeness (QED) is 0.725. The number of piperidine rings is 2. The minimum Gasteiger partial charge on any atom is -0.396 e. The predicted molar refractivity (Wildman–Crippen MR) is 115 cm³/mol. The Bertz CT molecular complexity index is 896. The number of hydrogen-bond acceptors (Lipinski definition) is 5. The van der Waals surface area contributed by atoms with E-state index in [9.17, 15) is 19.5 Å². The first kappa shape index (κ1) is 20.5. The highest BCUT2D eigenvalue weighted by molar-refractivity contribution is 6.05. The summed E-state index contributed by atoms with van der Waals surface area (Å²) in [6.45, 7) is 2.79. The molecule has 3 aliphatic heterocycles. The number of nitrogens with one attached hydrogen (secondary N) is 1. The van der Waals surface area contributed by atoms with E-state index in [1.807, 2.05) is 12.1 Å². The average molecular weight is 426 g/mol. The van der Waals surface area contributed by atoms with Crippen LogP contribution < -0.4 is 10.2 Å². The van der Waals surface area contributed by atoms with E-state index in [1.54, 1.807) is 4.90 Å². The molecule has 1 aliphatic carbocycles. The Kier molecular flexibility index (Phi) is 5.24. The van der Waals surface area contributed by atoms with Crippen molar-refractivity contribution in [2.45, 2.75) is 64.0 Å². The van der Waals surface area contributed by atoms with Crippen LogP contribution in [0.1, 0.15) is 67.3 Å². The molecule has 1 unspecified atom stereocenters. The number of carbonyl (C=O) groups excluding carboxylic acids is 3. The number of imide groups is 1. The molecule has 0 radical (unpaired) electrons. The van der Waals surface area contributed by atoms with Gasteiger partial charge in [0.1, 0.15) is 6.04 Å². The van der Waals surface area contributed by atoms with Crippen LogP contribution in [0.15, 0.2) is 18.2 Å². The van der Waals surface area contributed by atoms with Crippen molar-refractivity contribution in [2.75, 3.05) is 24.6 Å². The Balaban J connectivity index is 1.25. The molecule has 7 nitrogen and oxygen atoms in total. The molecule has 3 heterocycles. The summed E-state index contributed by atoms with van der Waals surface area (Å²) in [6, 6.07) is 5.48. The molecule has 2 N–H and O–H groups in total. The molecule has 1 saturated carbocycles. The number of aliphatic hydroxyl groups is 1. The van der Waals surface area contributed by atoms with E-state index >= 15 is 0 Å². The zero-order valence-corrected chi connectivity index (χ0v) is 17.9. The summed E-state index contributed by atoms with van der Waals surface area (Å²) < 4.78 is 0. The third-order valence-corrected chi connectivity index (χ3v) is 8.12. The summed E-state index contributed by atoms with van der Waals surface area (Å²) in [4.78, 5) is 40.6. The van der Waals surface area contributed by atoms with Crippen molar-refractivity contribution in [2.24, 2.45) is 11.3 Å². The fraction of sp³-hybridized carbons (Fsp3) is 0.625. The second kappa shape index (κ2) is 7.93. The van der Waals surface area contributed by atoms with Crippen LogP contribution in [0, 0.1) is 11.3 Å². The Morgan fingerprint density at radius 1 is 1.03 bits per heavy atom. The zero-order chi connectivity index (χ0) is 21.6. The standard InChI is InChI=1S/C24H31N3O4/c28-15-16-5-7-24(8-6-16)9-11-26(12-10-24)18-1-2-19-17(13-18)14-27(23(19)31)20-3-4-21(29)25-22(20)30/h1-2,13,16,20,28H,3-12,14-15H2,(H,25,29,30). The molecule has 3 amide bonds. The lowest BCUT2D eigenvalue weighted by molar-refractivity contribution is -0.136. The first-order chi connectivity index (χ1) is 15.0. The fourth-order valence-corrected chi connectivity index (χ4v) is 5.97. The minimum absolute atomic E-state index is 0.116. The number of rotatable bonds is 3. The molecule has 4 aliphatic rings. The number of hydrogen-bond donors (Lipinski definition) is 2. The fourth-order valence-electron chi connectivity index (χ4n) is 5.97. The Morgan fingerprint density at radius 2 is 1.77 bits per heavy atom. The molecule has 5 rings (SSSR count). The van der Waals surface area contributed by atoms with Crippen LogP contribution in [0.3, 0.4) is 0 Å². The van der Waals surface area contributed by atoms with Crippen LogP contribution >= 0.6 is 0 Å². The van der Waals surface area contributed by atoms with E-state index in [-0.39, 0.29) is 24.1 Å². The van der Waals surface area contributed by atoms with Crippen molar-refractivity contribution in [1.29, 1.82) is 0 Å². The van der Waals surface area contributed by atoms with Crippen molar-refractivity contribution < 1.29 is 19.5 Å². The number of anilines is 1. The van der Waals surface area contributed by atoms with E-state index < -0.39 is 6.04 Å². The van der Waals surface area contributed by atoms with Crippen molar-refractivity contribution >= 4 is 23.4 Å². The van der Waals surface area contributed by atoms with Gasteiger partial charge < -0.3 is 14.9 Å². The molecule has 1 atom stereocenters. The van der Waals surface area contributed by atoms with Gasteiger partial charge in [-0.2, -0.15) is 0 Å². The van der Waals surface area contributed by atoms with E-state index in [4.69, 9.17) is 0 Å². The summed E-state index contributed by atoms with van der Waals surface area (Å²) in [5, 5.41) is 11.8. The second-order valence-corrected chi connectivity index (χ2v) is 9.85. The maximum Gasteiger partial charge on any atom is 0.255 e. The van der Waals surface area contributed by atoms with Crippen LogP contribution in [-0.2, 0) is 16.1 Å². The summed E-state index contributed by atoms with van der Waals surface area (Å²) in [7, 11) is 0. The maximum absolute atomic E-state index is 12.9. The van der Waals surface area contributed by atoms with E-state index in [0.717, 1.165) is 37.2 Å². The molecule has 1 aromatic rings. The largest absolute Gasteiger partial charge is 0.396 e. The Morgan fingerprint density at radius 3 is 2.45 bits per heavy atom. The van der Waals surface area contributed by atoms with Crippen LogP contribution in [0.5, 0.6) is 0 Å². The van der Waals surface area contributed by atoms with Gasteiger partial charge in [0.25, 0.3) is 5.91 Å². The highest BCUT2D eigenvalue weighted by Crippen LogP contribution is 2.47. The molecule has 0 bridgehead atoms. The lowest BCUT2D eigenvalue weighted by Crippen LogP contribution is -2.52. The molecule has 7 heteroatoms. The van der Waals surface area contributed by atoms with Gasteiger partial charge in [0, 0.05) is 43.9 Å². The zero-order valence-electron chi connectivity index (χ0n) is 17.9. The van der Waals surface area contributed by atoms with Crippen LogP contribution in [0.2, 0.25) is 0 Å². The molecule has 3 fully saturated rings. The van der Waals surface area contributed by atoms with Crippen LogP contribution in [-0.4, -0.2) is 53.5 Å². The number of benzene rings is 1. The van der Waals surface area contributed by atoms with E-state index in [0.29, 0.717) is 36.5 Å². The normalized spacial score (nSPS) is 26.4. The minimum atomic E-state index is -0.565. The lowest BCUT2D eigenvalue weighted by atomic mass is 9.65. The summed E-state index contributed by atoms with van der Waals surface area (Å²) in [5.74, 6) is -0.255. The number of nitrogens with zero attached hydrogens (tertiary/aromatic N) is 2. The molecule has 31 heavy (non-hydrogen) atoms. The van der Waals surface area contributed by atoms with Crippen LogP contribution in [0.25, 0.3) is 0 Å². The average Bonchev–Trinajstić information content (AvgIpc) is 3.10. The van der Waals surface area contributed by atoms with Gasteiger partial charge in [-0.1, -0.05) is 0 Å². The molecule has 1 spiro atoms. The summed E-state index contributed by atoms with van der Waals surface area (Å²) in [5.41, 5.74) is 3.23. The number of aliphatic hydroxyl groups excluding tert-OH is 1. The summed E-state index contributed by atoms with van der Waals surface area (Å²) >= 11 is 0. The Labute approximate surface area is 182 Å². The highest BCUT2D eigenvalue weighted by Gasteiger charge is 2.40. The van der Waals surface area contributed by atoms with Gasteiger partial charge in [0.2, 0.25) is 11.8 Å². The first-order valence-electron chi connectivity index (χ1n) is 11.6. The van der Waals surface area contributed by atoms with Gasteiger partial charge >= 0.3 is 0 Å². The van der Waals surface area contributed by atoms with Gasteiger partial charge in [0.05, 0.1) is 0 Å². The van der Waals surface area contributed by atoms with Gasteiger partial charge in [-0.05, 0) is 80.0 Å². The molecular weight excluding hydrogens is 394 g/mol. The second-order valence-electron chi connectivity index (χ2n) is 9.85. The van der Waals surface area contributed by atoms with E-state index in [2.05, 4.69) is 16.3 Å². The van der Waals surface area contributed by atoms with Crippen molar-refractivity contribution in [1.82, 2.24) is 10.2 Å². The highest BCUT2D eigenvalue weighted by atomic mass is 16.3. The summed E-state index contributed by atoms with van der Waals surface area (Å²) in [6.07, 6.45) is 7.78. The van der Waals surface area contributed by atoms with Crippen molar-refractivity contribution in [3.63, 3.8) is 0 Å². The molecule has 166 valence electrons. The topological polar surface area (TPSA) is 90.0 Å². The molecule has 0 aromatic heterocycles. The van der Waals surface area contributed by atoms with Crippen LogP contribution in [0.4, 0.5) is 5.69 Å². The van der Waals surface area contributed by atoms with Gasteiger partial charge in [0.15, 0.2) is 0 Å². The first-order valence-corrected chi connectivity index (χ1v) is 11.6. The maximum atomic E-state index is 12.9. The number of fused-ring (bicyclic) bond motifs is 1. The third-order valence-electron chi connectivity index (χ3n) is 8.12. The number of amides is 3. The molecular formula is C24H31N3O4. The lowest BCUT2D eigenvalue weighted by Gasteiger charge is -2.46. The Hall–Kier alpha value is -2.41. The van der Waals surface area contributed by atoms with Gasteiger partial charge in [-0.15, -0.1) is 0 Å². The molecule has 2 saturated heterocycles.